The Balaban J connectivity index is 2.83. The number of aryl methyl sites for hydroxylation is 1. The molecule has 0 bridgehead atoms. The van der Waals surface area contributed by atoms with Crippen molar-refractivity contribution < 1.29 is 19.7 Å². The molecule has 2 N–H and O–H groups in total. The van der Waals surface area contributed by atoms with Crippen LogP contribution in [0.1, 0.15) is 38.1 Å². The lowest BCUT2D eigenvalue weighted by atomic mass is 10.1. The van der Waals surface area contributed by atoms with E-state index in [-0.39, 0.29) is 19.7 Å². The van der Waals surface area contributed by atoms with Gasteiger partial charge in [-0.15, -0.1) is 0 Å². The molecule has 0 aliphatic carbocycles. The number of hydrogen-bond donors (Lipinski definition) is 2. The number of rotatable bonds is 5. The smallest absolute Gasteiger partial charge is 0.410 e. The van der Waals surface area contributed by atoms with Crippen LogP contribution in [0.2, 0.25) is 0 Å². The minimum absolute atomic E-state index is 0.00491. The van der Waals surface area contributed by atoms with Crippen LogP contribution in [0.5, 0.6) is 0 Å². The predicted octanol–water partition coefficient (Wildman–Crippen LogP) is 2.42. The van der Waals surface area contributed by atoms with Crippen LogP contribution < -0.4 is 0 Å². The van der Waals surface area contributed by atoms with E-state index in [4.69, 9.17) is 9.84 Å². The molecule has 1 rings (SSSR count). The molecular weight excluding hydrogens is 352 g/mol. The fourth-order valence-corrected chi connectivity index (χ4v) is 2.35. The lowest BCUT2D eigenvalue weighted by Gasteiger charge is -2.28. The Morgan fingerprint density at radius 3 is 2.64 bits per heavy atom. The van der Waals surface area contributed by atoms with Crippen molar-refractivity contribution in [3.05, 3.63) is 28.0 Å². The molecule has 124 valence electrons. The first kappa shape index (κ1) is 18.9. The van der Waals surface area contributed by atoms with Crippen LogP contribution in [0.3, 0.4) is 0 Å². The molecule has 7 heteroatoms. The molecule has 0 saturated carbocycles. The minimum Gasteiger partial charge on any atom is -0.444 e. The van der Waals surface area contributed by atoms with Crippen molar-refractivity contribution in [3.8, 4) is 0 Å². The van der Waals surface area contributed by atoms with Crippen LogP contribution in [-0.2, 0) is 4.74 Å². The first-order valence-electron chi connectivity index (χ1n) is 7.03. The summed E-state index contributed by atoms with van der Waals surface area (Å²) < 4.78 is 6.10. The van der Waals surface area contributed by atoms with E-state index in [0.29, 0.717) is 5.69 Å². The van der Waals surface area contributed by atoms with E-state index in [0.717, 1.165) is 10.0 Å². The third-order valence-corrected chi connectivity index (χ3v) is 3.25. The topological polar surface area (TPSA) is 82.9 Å². The van der Waals surface area contributed by atoms with Crippen molar-refractivity contribution in [2.75, 3.05) is 19.7 Å². The molecule has 0 radical (unpaired) electrons. The molecule has 0 spiro atoms. The van der Waals surface area contributed by atoms with Gasteiger partial charge in [-0.05, 0) is 55.3 Å². The fourth-order valence-electron chi connectivity index (χ4n) is 1.90. The summed E-state index contributed by atoms with van der Waals surface area (Å²) >= 11 is 3.32. The standard InChI is InChI=1S/C15H23BrN2O4/c1-10-7-11(16)8-17-13(10)12(20)9-18(5-6-19)14(21)22-15(2,3)4/h7-8,12,19-20H,5-6,9H2,1-4H3. The van der Waals surface area contributed by atoms with Gasteiger partial charge in [0.25, 0.3) is 0 Å². The fraction of sp³-hybridized carbons (Fsp3) is 0.600. The second-order valence-electron chi connectivity index (χ2n) is 6.02. The Morgan fingerprint density at radius 2 is 2.14 bits per heavy atom. The summed E-state index contributed by atoms with van der Waals surface area (Å²) in [4.78, 5) is 17.6. The highest BCUT2D eigenvalue weighted by molar-refractivity contribution is 9.10. The number of nitrogens with zero attached hydrogens (tertiary/aromatic N) is 2. The first-order valence-corrected chi connectivity index (χ1v) is 7.82. The van der Waals surface area contributed by atoms with Crippen molar-refractivity contribution in [1.82, 2.24) is 9.88 Å². The number of carbonyl (C=O) groups is 1. The van der Waals surface area contributed by atoms with E-state index in [1.165, 1.54) is 4.90 Å². The van der Waals surface area contributed by atoms with Gasteiger partial charge in [0, 0.05) is 17.2 Å². The van der Waals surface area contributed by atoms with Crippen LogP contribution in [0.15, 0.2) is 16.7 Å². The monoisotopic (exact) mass is 374 g/mol. The Kier molecular flexibility index (Phi) is 6.77. The average molecular weight is 375 g/mol. The van der Waals surface area contributed by atoms with E-state index in [2.05, 4.69) is 20.9 Å². The van der Waals surface area contributed by atoms with E-state index >= 15 is 0 Å². The number of hydrogen-bond acceptors (Lipinski definition) is 5. The van der Waals surface area contributed by atoms with E-state index in [1.807, 2.05) is 13.0 Å². The molecule has 1 amide bonds. The van der Waals surface area contributed by atoms with Gasteiger partial charge in [-0.2, -0.15) is 0 Å². The second kappa shape index (κ2) is 7.89. The number of pyridine rings is 1. The molecule has 1 unspecified atom stereocenters. The molecule has 22 heavy (non-hydrogen) atoms. The molecule has 1 atom stereocenters. The summed E-state index contributed by atoms with van der Waals surface area (Å²) in [5.74, 6) is 0. The number of aliphatic hydroxyl groups is 2. The Labute approximate surface area is 139 Å². The van der Waals surface area contributed by atoms with Gasteiger partial charge in [-0.1, -0.05) is 0 Å². The van der Waals surface area contributed by atoms with Gasteiger partial charge in [-0.3, -0.25) is 4.98 Å². The van der Waals surface area contributed by atoms with Gasteiger partial charge in [0.1, 0.15) is 11.7 Å². The SMILES string of the molecule is Cc1cc(Br)cnc1C(O)CN(CCO)C(=O)OC(C)(C)C. The van der Waals surface area contributed by atoms with Crippen LogP contribution in [0.25, 0.3) is 0 Å². The van der Waals surface area contributed by atoms with Gasteiger partial charge in [0.15, 0.2) is 0 Å². The molecule has 6 nitrogen and oxygen atoms in total. The lowest BCUT2D eigenvalue weighted by molar-refractivity contribution is 0.0104. The van der Waals surface area contributed by atoms with Gasteiger partial charge in [-0.25, -0.2) is 4.79 Å². The molecule has 0 aliphatic heterocycles. The molecular formula is C15H23BrN2O4. The lowest BCUT2D eigenvalue weighted by Crippen LogP contribution is -2.40. The summed E-state index contributed by atoms with van der Waals surface area (Å²) in [5.41, 5.74) is 0.673. The number of aromatic nitrogens is 1. The van der Waals surface area contributed by atoms with Crippen molar-refractivity contribution >= 4 is 22.0 Å². The van der Waals surface area contributed by atoms with Crippen LogP contribution in [-0.4, -0.2) is 51.5 Å². The summed E-state index contributed by atoms with van der Waals surface area (Å²) in [5, 5.41) is 19.4. The van der Waals surface area contributed by atoms with Crippen LogP contribution >= 0.6 is 15.9 Å². The van der Waals surface area contributed by atoms with Crippen molar-refractivity contribution in [2.45, 2.75) is 39.4 Å². The number of carbonyl (C=O) groups excluding carboxylic acids is 1. The maximum Gasteiger partial charge on any atom is 0.410 e. The second-order valence-corrected chi connectivity index (χ2v) is 6.94. The third kappa shape index (κ3) is 5.90. The molecule has 1 aromatic rings. The summed E-state index contributed by atoms with van der Waals surface area (Å²) in [6, 6.07) is 1.84. The molecule has 1 heterocycles. The predicted molar refractivity (Wildman–Crippen MR) is 86.5 cm³/mol. The molecule has 0 fully saturated rings. The highest BCUT2D eigenvalue weighted by Crippen LogP contribution is 2.20. The van der Waals surface area contributed by atoms with Gasteiger partial charge < -0.3 is 19.8 Å². The summed E-state index contributed by atoms with van der Waals surface area (Å²) in [7, 11) is 0. The Bertz CT molecular complexity index is 517. The van der Waals surface area contributed by atoms with Crippen LogP contribution in [0.4, 0.5) is 4.79 Å². The average Bonchev–Trinajstić information content (AvgIpc) is 2.35. The normalized spacial score (nSPS) is 12.9. The quantitative estimate of drug-likeness (QED) is 0.826. The highest BCUT2D eigenvalue weighted by atomic mass is 79.9. The van der Waals surface area contributed by atoms with Crippen LogP contribution in [0, 0.1) is 6.92 Å². The van der Waals surface area contributed by atoms with E-state index < -0.39 is 17.8 Å². The number of halogens is 1. The molecule has 0 aliphatic rings. The zero-order valence-electron chi connectivity index (χ0n) is 13.3. The van der Waals surface area contributed by atoms with Crippen molar-refractivity contribution in [3.63, 3.8) is 0 Å². The van der Waals surface area contributed by atoms with Gasteiger partial charge >= 0.3 is 6.09 Å². The number of aliphatic hydroxyl groups excluding tert-OH is 2. The zero-order valence-corrected chi connectivity index (χ0v) is 14.9. The summed E-state index contributed by atoms with van der Waals surface area (Å²) in [6.45, 7) is 7.00. The van der Waals surface area contributed by atoms with Crippen molar-refractivity contribution in [1.29, 1.82) is 0 Å². The maximum atomic E-state index is 12.1. The third-order valence-electron chi connectivity index (χ3n) is 2.82. The minimum atomic E-state index is -0.952. The molecule has 1 aromatic heterocycles. The van der Waals surface area contributed by atoms with E-state index in [9.17, 15) is 9.90 Å². The Morgan fingerprint density at radius 1 is 1.50 bits per heavy atom. The Hall–Kier alpha value is -1.18. The summed E-state index contributed by atoms with van der Waals surface area (Å²) in [6.07, 6.45) is 0.0672. The number of ether oxygens (including phenoxy) is 1. The van der Waals surface area contributed by atoms with Gasteiger partial charge in [0.2, 0.25) is 0 Å². The largest absolute Gasteiger partial charge is 0.444 e. The van der Waals surface area contributed by atoms with Gasteiger partial charge in [0.05, 0.1) is 18.8 Å². The highest BCUT2D eigenvalue weighted by Gasteiger charge is 2.25. The molecule has 0 saturated heterocycles. The number of amides is 1. The van der Waals surface area contributed by atoms with Crippen molar-refractivity contribution in [2.24, 2.45) is 0 Å². The maximum absolute atomic E-state index is 12.1. The van der Waals surface area contributed by atoms with E-state index in [1.54, 1.807) is 27.0 Å². The molecule has 0 aromatic carbocycles. The zero-order chi connectivity index (χ0) is 16.9. The first-order chi connectivity index (χ1) is 10.1.